The van der Waals surface area contributed by atoms with Crippen LogP contribution in [0.25, 0.3) is 0 Å². The van der Waals surface area contributed by atoms with Crippen molar-refractivity contribution in [1.82, 2.24) is 15.5 Å². The Kier molecular flexibility index (Phi) is 7.70. The monoisotopic (exact) mass is 353 g/mol. The smallest absolute Gasteiger partial charge is 0.253 e. The Morgan fingerprint density at radius 1 is 1.29 bits per heavy atom. The van der Waals surface area contributed by atoms with E-state index in [-0.39, 0.29) is 30.3 Å². The number of hydrogen-bond donors (Lipinski definition) is 2. The first-order chi connectivity index (χ1) is 11.0. The van der Waals surface area contributed by atoms with E-state index in [1.54, 1.807) is 4.90 Å². The average Bonchev–Trinajstić information content (AvgIpc) is 2.59. The van der Waals surface area contributed by atoms with Gasteiger partial charge in [-0.05, 0) is 45.9 Å². The number of halogens is 1. The molecular formula is C18H28ClN3O2. The van der Waals surface area contributed by atoms with Crippen LogP contribution in [0.5, 0.6) is 0 Å². The van der Waals surface area contributed by atoms with Crippen LogP contribution in [0.2, 0.25) is 0 Å². The number of rotatable bonds is 5. The number of carbonyl (C=O) groups excluding carboxylic acids is 2. The number of likely N-dealkylation sites (tertiary alicyclic amines) is 1. The summed E-state index contributed by atoms with van der Waals surface area (Å²) in [5.74, 6) is 0.0399. The van der Waals surface area contributed by atoms with Crippen molar-refractivity contribution < 1.29 is 9.59 Å². The Morgan fingerprint density at radius 3 is 2.58 bits per heavy atom. The van der Waals surface area contributed by atoms with E-state index in [1.807, 2.05) is 51.2 Å². The molecule has 1 aromatic rings. The zero-order chi connectivity index (χ0) is 16.9. The fraction of sp³-hybridized carbons (Fsp3) is 0.556. The molecule has 2 unspecified atom stereocenters. The van der Waals surface area contributed by atoms with Gasteiger partial charge in [0.15, 0.2) is 0 Å². The fourth-order valence-electron chi connectivity index (χ4n) is 2.92. The predicted octanol–water partition coefficient (Wildman–Crippen LogP) is 2.07. The van der Waals surface area contributed by atoms with E-state index in [0.717, 1.165) is 12.8 Å². The van der Waals surface area contributed by atoms with Crippen molar-refractivity contribution in [2.24, 2.45) is 5.41 Å². The summed E-state index contributed by atoms with van der Waals surface area (Å²) in [6.07, 6.45) is 1.66. The zero-order valence-electron chi connectivity index (χ0n) is 14.7. The lowest BCUT2D eigenvalue weighted by atomic mass is 9.80. The summed E-state index contributed by atoms with van der Waals surface area (Å²) >= 11 is 0. The minimum Gasteiger partial charge on any atom is -0.354 e. The van der Waals surface area contributed by atoms with Crippen LogP contribution in [0.4, 0.5) is 0 Å². The molecule has 24 heavy (non-hydrogen) atoms. The highest BCUT2D eigenvalue weighted by atomic mass is 35.5. The molecule has 0 saturated carbocycles. The highest BCUT2D eigenvalue weighted by Gasteiger charge is 2.39. The van der Waals surface area contributed by atoms with Gasteiger partial charge >= 0.3 is 0 Å². The standard InChI is InChI=1S/C18H27N3O2.ClH/c1-14(19-3)12-20-17(23)18(2)10-7-11-21(13-18)16(22)15-8-5-4-6-9-15;/h4-6,8-9,14,19H,7,10-13H2,1-3H3,(H,20,23);1H. The fourth-order valence-corrected chi connectivity index (χ4v) is 2.92. The van der Waals surface area contributed by atoms with E-state index >= 15 is 0 Å². The van der Waals surface area contributed by atoms with Gasteiger partial charge in [0.25, 0.3) is 5.91 Å². The van der Waals surface area contributed by atoms with Gasteiger partial charge in [0.05, 0.1) is 5.41 Å². The molecule has 0 bridgehead atoms. The Bertz CT molecular complexity index is 552. The molecule has 1 aliphatic heterocycles. The molecule has 0 aromatic heterocycles. The van der Waals surface area contributed by atoms with E-state index in [9.17, 15) is 9.59 Å². The molecule has 0 radical (unpaired) electrons. The molecule has 2 rings (SSSR count). The Morgan fingerprint density at radius 2 is 1.96 bits per heavy atom. The summed E-state index contributed by atoms with van der Waals surface area (Å²) in [7, 11) is 1.87. The first-order valence-electron chi connectivity index (χ1n) is 8.26. The minimum absolute atomic E-state index is 0. The molecule has 1 saturated heterocycles. The maximum atomic E-state index is 12.6. The van der Waals surface area contributed by atoms with Crippen molar-refractivity contribution in [3.8, 4) is 0 Å². The third-order valence-corrected chi connectivity index (χ3v) is 4.61. The molecule has 5 nitrogen and oxygen atoms in total. The molecule has 0 spiro atoms. The number of amides is 2. The van der Waals surface area contributed by atoms with Crippen LogP contribution in [-0.2, 0) is 4.79 Å². The molecule has 1 aromatic carbocycles. The zero-order valence-corrected chi connectivity index (χ0v) is 15.5. The lowest BCUT2D eigenvalue weighted by Crippen LogP contribution is -2.53. The minimum atomic E-state index is -0.518. The van der Waals surface area contributed by atoms with Crippen molar-refractivity contribution in [3.05, 3.63) is 35.9 Å². The Balaban J connectivity index is 0.00000288. The summed E-state index contributed by atoms with van der Waals surface area (Å²) in [6, 6.07) is 9.50. The Labute approximate surface area is 150 Å². The van der Waals surface area contributed by atoms with E-state index < -0.39 is 5.41 Å². The third-order valence-electron chi connectivity index (χ3n) is 4.61. The number of nitrogens with zero attached hydrogens (tertiary/aromatic N) is 1. The number of nitrogens with one attached hydrogen (secondary N) is 2. The van der Waals surface area contributed by atoms with Crippen LogP contribution in [0.3, 0.4) is 0 Å². The lowest BCUT2D eigenvalue weighted by molar-refractivity contribution is -0.132. The van der Waals surface area contributed by atoms with E-state index in [1.165, 1.54) is 0 Å². The van der Waals surface area contributed by atoms with Crippen LogP contribution in [0.15, 0.2) is 30.3 Å². The molecule has 2 N–H and O–H groups in total. The first-order valence-corrected chi connectivity index (χ1v) is 8.26. The SMILES string of the molecule is CNC(C)CNC(=O)C1(C)CCCN(C(=O)c2ccccc2)C1.Cl. The summed E-state index contributed by atoms with van der Waals surface area (Å²) in [5, 5.41) is 6.11. The topological polar surface area (TPSA) is 61.4 Å². The molecule has 0 aliphatic carbocycles. The normalized spacial score (nSPS) is 21.5. The van der Waals surface area contributed by atoms with Gasteiger partial charge in [0.1, 0.15) is 0 Å². The summed E-state index contributed by atoms with van der Waals surface area (Å²) in [5.41, 5.74) is 0.164. The quantitative estimate of drug-likeness (QED) is 0.852. The molecular weight excluding hydrogens is 326 g/mol. The van der Waals surface area contributed by atoms with Crippen LogP contribution >= 0.6 is 12.4 Å². The van der Waals surface area contributed by atoms with Crippen LogP contribution < -0.4 is 10.6 Å². The van der Waals surface area contributed by atoms with Gasteiger partial charge < -0.3 is 15.5 Å². The van der Waals surface area contributed by atoms with Crippen molar-refractivity contribution in [3.63, 3.8) is 0 Å². The van der Waals surface area contributed by atoms with Gasteiger partial charge in [-0.15, -0.1) is 12.4 Å². The van der Waals surface area contributed by atoms with Crippen molar-refractivity contribution in [2.45, 2.75) is 32.7 Å². The molecule has 1 aliphatic rings. The summed E-state index contributed by atoms with van der Waals surface area (Å²) in [6.45, 7) is 5.76. The molecule has 2 atom stereocenters. The second kappa shape index (κ2) is 9.04. The highest BCUT2D eigenvalue weighted by molar-refractivity contribution is 5.95. The van der Waals surface area contributed by atoms with Gasteiger partial charge in [-0.1, -0.05) is 18.2 Å². The Hall–Kier alpha value is -1.59. The number of hydrogen-bond acceptors (Lipinski definition) is 3. The molecule has 2 amide bonds. The molecule has 1 heterocycles. The predicted molar refractivity (Wildman–Crippen MR) is 98.5 cm³/mol. The first kappa shape index (κ1) is 20.5. The highest BCUT2D eigenvalue weighted by Crippen LogP contribution is 2.30. The van der Waals surface area contributed by atoms with Crippen molar-refractivity contribution in [2.75, 3.05) is 26.7 Å². The van der Waals surface area contributed by atoms with Crippen LogP contribution in [-0.4, -0.2) is 49.4 Å². The lowest BCUT2D eigenvalue weighted by Gasteiger charge is -2.39. The molecule has 6 heteroatoms. The average molecular weight is 354 g/mol. The van der Waals surface area contributed by atoms with Gasteiger partial charge in [0.2, 0.25) is 5.91 Å². The maximum Gasteiger partial charge on any atom is 0.253 e. The largest absolute Gasteiger partial charge is 0.354 e. The summed E-state index contributed by atoms with van der Waals surface area (Å²) < 4.78 is 0. The van der Waals surface area contributed by atoms with Crippen LogP contribution in [0.1, 0.15) is 37.0 Å². The number of carbonyl (C=O) groups is 2. The van der Waals surface area contributed by atoms with Gasteiger partial charge in [0, 0.05) is 31.2 Å². The second-order valence-electron chi connectivity index (χ2n) is 6.66. The number of benzene rings is 1. The van der Waals surface area contributed by atoms with Crippen LogP contribution in [0, 0.1) is 5.41 Å². The van der Waals surface area contributed by atoms with Gasteiger partial charge in [-0.3, -0.25) is 9.59 Å². The van der Waals surface area contributed by atoms with Crippen molar-refractivity contribution >= 4 is 24.2 Å². The van der Waals surface area contributed by atoms with Gasteiger partial charge in [-0.2, -0.15) is 0 Å². The van der Waals surface area contributed by atoms with E-state index in [4.69, 9.17) is 0 Å². The van der Waals surface area contributed by atoms with Gasteiger partial charge in [-0.25, -0.2) is 0 Å². The maximum absolute atomic E-state index is 12.6. The van der Waals surface area contributed by atoms with E-state index in [2.05, 4.69) is 10.6 Å². The number of likely N-dealkylation sites (N-methyl/N-ethyl adjacent to an activating group) is 1. The molecule has 134 valence electrons. The molecule has 1 fully saturated rings. The number of piperidine rings is 1. The second-order valence-corrected chi connectivity index (χ2v) is 6.66. The van der Waals surface area contributed by atoms with Crippen molar-refractivity contribution in [1.29, 1.82) is 0 Å². The van der Waals surface area contributed by atoms with E-state index in [0.29, 0.717) is 25.2 Å². The third kappa shape index (κ3) is 4.95. The summed E-state index contributed by atoms with van der Waals surface area (Å²) in [4.78, 5) is 27.0.